The first kappa shape index (κ1) is 14.3. The zero-order valence-corrected chi connectivity index (χ0v) is 12.6. The van der Waals surface area contributed by atoms with Crippen LogP contribution in [0.4, 0.5) is 0 Å². The maximum Gasteiger partial charge on any atom is 0.231 e. The summed E-state index contributed by atoms with van der Waals surface area (Å²) in [5.74, 6) is 1.72. The van der Waals surface area contributed by atoms with Crippen molar-refractivity contribution >= 4 is 0 Å². The van der Waals surface area contributed by atoms with Crippen LogP contribution in [0.5, 0.6) is 0 Å². The fourth-order valence-electron chi connectivity index (χ4n) is 3.11. The van der Waals surface area contributed by atoms with Gasteiger partial charge in [0.05, 0.1) is 5.92 Å². The number of nitrogens with zero attached hydrogens (tertiary/aromatic N) is 2. The highest BCUT2D eigenvalue weighted by Crippen LogP contribution is 2.30. The molecular formula is C17H23N3O. The van der Waals surface area contributed by atoms with Gasteiger partial charge >= 0.3 is 0 Å². The van der Waals surface area contributed by atoms with Gasteiger partial charge in [0.15, 0.2) is 5.82 Å². The van der Waals surface area contributed by atoms with Crippen molar-refractivity contribution in [1.29, 1.82) is 0 Å². The highest BCUT2D eigenvalue weighted by molar-refractivity contribution is 5.28. The molecule has 0 radical (unpaired) electrons. The molecule has 1 aliphatic rings. The van der Waals surface area contributed by atoms with Crippen LogP contribution in [0.25, 0.3) is 0 Å². The molecule has 1 saturated carbocycles. The lowest BCUT2D eigenvalue weighted by Gasteiger charge is -2.16. The minimum Gasteiger partial charge on any atom is -0.339 e. The molecule has 21 heavy (non-hydrogen) atoms. The first-order valence-corrected chi connectivity index (χ1v) is 7.86. The Morgan fingerprint density at radius 2 is 2.00 bits per heavy atom. The molecule has 1 aromatic carbocycles. The molecule has 2 unspecified atom stereocenters. The molecule has 1 aromatic heterocycles. The van der Waals surface area contributed by atoms with E-state index in [0.717, 1.165) is 31.0 Å². The van der Waals surface area contributed by atoms with Gasteiger partial charge < -0.3 is 10.3 Å². The summed E-state index contributed by atoms with van der Waals surface area (Å²) < 4.78 is 5.50. The van der Waals surface area contributed by atoms with Gasteiger partial charge in [-0.1, -0.05) is 48.7 Å². The predicted octanol–water partition coefficient (Wildman–Crippen LogP) is 3.34. The first-order valence-electron chi connectivity index (χ1n) is 7.86. The van der Waals surface area contributed by atoms with E-state index >= 15 is 0 Å². The lowest BCUT2D eigenvalue weighted by Crippen LogP contribution is -2.27. The molecule has 0 saturated heterocycles. The SMILES string of the molecule is Cc1ccccc1Cc1noc(C2CCCCCC2N)n1. The summed E-state index contributed by atoms with van der Waals surface area (Å²) in [6.45, 7) is 2.11. The molecule has 1 fully saturated rings. The molecule has 4 nitrogen and oxygen atoms in total. The fraction of sp³-hybridized carbons (Fsp3) is 0.529. The van der Waals surface area contributed by atoms with Crippen molar-refractivity contribution in [3.8, 4) is 0 Å². The highest BCUT2D eigenvalue weighted by atomic mass is 16.5. The number of aryl methyl sites for hydroxylation is 1. The molecule has 0 aliphatic heterocycles. The number of nitrogens with two attached hydrogens (primary N) is 1. The van der Waals surface area contributed by atoms with Gasteiger partial charge in [-0.3, -0.25) is 0 Å². The molecular weight excluding hydrogens is 262 g/mol. The molecule has 112 valence electrons. The van der Waals surface area contributed by atoms with Crippen molar-refractivity contribution in [3.05, 3.63) is 47.1 Å². The van der Waals surface area contributed by atoms with Gasteiger partial charge in [-0.2, -0.15) is 4.98 Å². The number of aromatic nitrogens is 2. The summed E-state index contributed by atoms with van der Waals surface area (Å²) in [6.07, 6.45) is 6.51. The van der Waals surface area contributed by atoms with Crippen LogP contribution < -0.4 is 5.73 Å². The molecule has 1 aliphatic carbocycles. The van der Waals surface area contributed by atoms with E-state index in [2.05, 4.69) is 29.2 Å². The monoisotopic (exact) mass is 285 g/mol. The lowest BCUT2D eigenvalue weighted by atomic mass is 9.95. The molecule has 2 N–H and O–H groups in total. The van der Waals surface area contributed by atoms with E-state index in [-0.39, 0.29) is 12.0 Å². The van der Waals surface area contributed by atoms with Gasteiger partial charge in [-0.25, -0.2) is 0 Å². The summed E-state index contributed by atoms with van der Waals surface area (Å²) in [4.78, 5) is 4.60. The second kappa shape index (κ2) is 6.39. The van der Waals surface area contributed by atoms with Crippen LogP contribution in [0.3, 0.4) is 0 Å². The Hall–Kier alpha value is -1.68. The Bertz CT molecular complexity index is 593. The number of rotatable bonds is 3. The molecule has 1 heterocycles. The normalized spacial score (nSPS) is 23.0. The Balaban J connectivity index is 1.75. The largest absolute Gasteiger partial charge is 0.339 e. The summed E-state index contributed by atoms with van der Waals surface area (Å²) in [5.41, 5.74) is 8.77. The Kier molecular flexibility index (Phi) is 4.34. The number of hydrogen-bond acceptors (Lipinski definition) is 4. The van der Waals surface area contributed by atoms with Gasteiger partial charge in [0.2, 0.25) is 5.89 Å². The van der Waals surface area contributed by atoms with Crippen molar-refractivity contribution in [2.24, 2.45) is 5.73 Å². The Morgan fingerprint density at radius 3 is 2.86 bits per heavy atom. The Morgan fingerprint density at radius 1 is 1.19 bits per heavy atom. The van der Waals surface area contributed by atoms with E-state index in [0.29, 0.717) is 0 Å². The van der Waals surface area contributed by atoms with Crippen molar-refractivity contribution in [3.63, 3.8) is 0 Å². The van der Waals surface area contributed by atoms with E-state index < -0.39 is 0 Å². The molecule has 3 rings (SSSR count). The second-order valence-electron chi connectivity index (χ2n) is 6.06. The standard InChI is InChI=1S/C17H23N3O/c1-12-7-5-6-8-13(12)11-16-19-17(21-20-16)14-9-3-2-4-10-15(14)18/h5-8,14-15H,2-4,9-11,18H2,1H3. The van der Waals surface area contributed by atoms with Crippen LogP contribution in [-0.2, 0) is 6.42 Å². The molecule has 2 atom stereocenters. The Labute approximate surface area is 125 Å². The average Bonchev–Trinajstić information content (AvgIpc) is 2.82. The number of benzene rings is 1. The lowest BCUT2D eigenvalue weighted by molar-refractivity contribution is 0.323. The van der Waals surface area contributed by atoms with E-state index in [1.165, 1.54) is 30.4 Å². The van der Waals surface area contributed by atoms with Crippen LogP contribution in [0.2, 0.25) is 0 Å². The smallest absolute Gasteiger partial charge is 0.231 e. The van der Waals surface area contributed by atoms with Gasteiger partial charge in [0.25, 0.3) is 0 Å². The van der Waals surface area contributed by atoms with Crippen molar-refractivity contribution in [2.45, 2.75) is 57.4 Å². The van der Waals surface area contributed by atoms with Gasteiger partial charge in [-0.05, 0) is 30.9 Å². The summed E-state index contributed by atoms with van der Waals surface area (Å²) in [5, 5.41) is 4.15. The summed E-state index contributed by atoms with van der Waals surface area (Å²) in [6, 6.07) is 8.47. The van der Waals surface area contributed by atoms with Gasteiger partial charge in [-0.15, -0.1) is 0 Å². The number of hydrogen-bond donors (Lipinski definition) is 1. The van der Waals surface area contributed by atoms with Crippen LogP contribution in [0.15, 0.2) is 28.8 Å². The zero-order valence-electron chi connectivity index (χ0n) is 12.6. The van der Waals surface area contributed by atoms with E-state index in [9.17, 15) is 0 Å². The maximum atomic E-state index is 6.27. The fourth-order valence-corrected chi connectivity index (χ4v) is 3.11. The van der Waals surface area contributed by atoms with Crippen molar-refractivity contribution < 1.29 is 4.52 Å². The topological polar surface area (TPSA) is 64.9 Å². The third kappa shape index (κ3) is 3.32. The molecule has 2 aromatic rings. The van der Waals surface area contributed by atoms with Crippen LogP contribution in [0.1, 0.15) is 60.9 Å². The minimum atomic E-state index is 0.152. The van der Waals surface area contributed by atoms with Crippen molar-refractivity contribution in [2.75, 3.05) is 0 Å². The molecule has 0 amide bonds. The molecule has 0 spiro atoms. The van der Waals surface area contributed by atoms with Crippen LogP contribution in [0, 0.1) is 6.92 Å². The zero-order chi connectivity index (χ0) is 14.7. The van der Waals surface area contributed by atoms with Crippen LogP contribution >= 0.6 is 0 Å². The average molecular weight is 285 g/mol. The summed E-state index contributed by atoms with van der Waals surface area (Å²) in [7, 11) is 0. The van der Waals surface area contributed by atoms with E-state index in [4.69, 9.17) is 10.3 Å². The molecule has 4 heteroatoms. The third-order valence-corrected chi connectivity index (χ3v) is 4.48. The highest BCUT2D eigenvalue weighted by Gasteiger charge is 2.27. The van der Waals surface area contributed by atoms with Crippen molar-refractivity contribution in [1.82, 2.24) is 10.1 Å². The minimum absolute atomic E-state index is 0.152. The predicted molar refractivity (Wildman–Crippen MR) is 82.1 cm³/mol. The summed E-state index contributed by atoms with van der Waals surface area (Å²) >= 11 is 0. The first-order chi connectivity index (χ1) is 10.2. The van der Waals surface area contributed by atoms with E-state index in [1.54, 1.807) is 0 Å². The molecule has 0 bridgehead atoms. The second-order valence-corrected chi connectivity index (χ2v) is 6.06. The third-order valence-electron chi connectivity index (χ3n) is 4.48. The van der Waals surface area contributed by atoms with Crippen LogP contribution in [-0.4, -0.2) is 16.2 Å². The maximum absolute atomic E-state index is 6.27. The van der Waals surface area contributed by atoms with E-state index in [1.807, 2.05) is 12.1 Å². The quantitative estimate of drug-likeness (QED) is 0.878. The van der Waals surface area contributed by atoms with Gasteiger partial charge in [0, 0.05) is 12.5 Å². The van der Waals surface area contributed by atoms with Gasteiger partial charge in [0.1, 0.15) is 0 Å².